The normalized spacial score (nSPS) is 21.9. The van der Waals surface area contributed by atoms with Gasteiger partial charge < -0.3 is 14.4 Å². The summed E-state index contributed by atoms with van der Waals surface area (Å²) < 4.78 is 19.6. The van der Waals surface area contributed by atoms with Crippen LogP contribution in [-0.4, -0.2) is 40.6 Å². The predicted octanol–water partition coefficient (Wildman–Crippen LogP) is 2.38. The van der Waals surface area contributed by atoms with E-state index in [9.17, 15) is 14.0 Å². The number of hydrogen-bond acceptors (Lipinski definition) is 3. The van der Waals surface area contributed by atoms with Gasteiger partial charge in [0.1, 0.15) is 5.58 Å². The van der Waals surface area contributed by atoms with Crippen molar-refractivity contribution in [3.05, 3.63) is 35.6 Å². The Labute approximate surface area is 119 Å². The van der Waals surface area contributed by atoms with Gasteiger partial charge in [-0.05, 0) is 13.0 Å². The standard InChI is InChI=1S/C15H14FNO4/c1-9-10-4-2-3-5-11(10)21-12(9)13(18)17-7-6-15(16,8-17)14(19)20/h2-5H,6-8H2,1H3,(H,19,20). The van der Waals surface area contributed by atoms with E-state index >= 15 is 0 Å². The number of para-hydroxylation sites is 1. The molecule has 5 nitrogen and oxygen atoms in total. The molecule has 0 aliphatic carbocycles. The summed E-state index contributed by atoms with van der Waals surface area (Å²) in [6, 6.07) is 7.23. The summed E-state index contributed by atoms with van der Waals surface area (Å²) in [7, 11) is 0. The molecule has 0 bridgehead atoms. The van der Waals surface area contributed by atoms with Gasteiger partial charge in [-0.15, -0.1) is 0 Å². The molecule has 6 heteroatoms. The molecular weight excluding hydrogens is 277 g/mol. The lowest BCUT2D eigenvalue weighted by Crippen LogP contribution is -2.38. The number of fused-ring (bicyclic) bond motifs is 1. The van der Waals surface area contributed by atoms with Crippen molar-refractivity contribution in [1.82, 2.24) is 4.90 Å². The van der Waals surface area contributed by atoms with Crippen molar-refractivity contribution in [3.8, 4) is 0 Å². The molecule has 110 valence electrons. The van der Waals surface area contributed by atoms with Gasteiger partial charge in [-0.3, -0.25) is 4.79 Å². The number of carbonyl (C=O) groups is 2. The fraction of sp³-hybridized carbons (Fsp3) is 0.333. The summed E-state index contributed by atoms with van der Waals surface area (Å²) in [5.41, 5.74) is -1.10. The minimum atomic E-state index is -2.37. The number of halogens is 1. The van der Waals surface area contributed by atoms with Crippen molar-refractivity contribution in [3.63, 3.8) is 0 Å². The molecule has 3 rings (SSSR count). The first-order valence-electron chi connectivity index (χ1n) is 6.62. The van der Waals surface area contributed by atoms with E-state index in [0.29, 0.717) is 11.1 Å². The average molecular weight is 291 g/mol. The number of carboxylic acid groups (broad SMARTS) is 1. The maximum Gasteiger partial charge on any atom is 0.343 e. The van der Waals surface area contributed by atoms with Crippen molar-refractivity contribution in [2.24, 2.45) is 0 Å². The number of rotatable bonds is 2. The van der Waals surface area contributed by atoms with Gasteiger partial charge in [0.25, 0.3) is 5.91 Å². The Morgan fingerprint density at radius 3 is 2.71 bits per heavy atom. The zero-order valence-corrected chi connectivity index (χ0v) is 11.4. The monoisotopic (exact) mass is 291 g/mol. The number of amides is 1. The summed E-state index contributed by atoms with van der Waals surface area (Å²) in [6.45, 7) is 1.38. The SMILES string of the molecule is Cc1c(C(=O)N2CCC(F)(C(=O)O)C2)oc2ccccc12. The number of aliphatic carboxylic acids is 1. The van der Waals surface area contributed by atoms with E-state index in [2.05, 4.69) is 0 Å². The highest BCUT2D eigenvalue weighted by Gasteiger charge is 2.47. The number of furan rings is 1. The maximum absolute atomic E-state index is 14.0. The van der Waals surface area contributed by atoms with E-state index < -0.39 is 24.1 Å². The Morgan fingerprint density at radius 2 is 2.10 bits per heavy atom. The van der Waals surface area contributed by atoms with E-state index in [0.717, 1.165) is 5.39 Å². The number of carbonyl (C=O) groups excluding carboxylic acids is 1. The van der Waals surface area contributed by atoms with Crippen LogP contribution in [0.1, 0.15) is 22.5 Å². The summed E-state index contributed by atoms with van der Waals surface area (Å²) in [4.78, 5) is 24.5. The van der Waals surface area contributed by atoms with Gasteiger partial charge in [-0.2, -0.15) is 0 Å². The van der Waals surface area contributed by atoms with Crippen molar-refractivity contribution in [2.45, 2.75) is 19.0 Å². The first kappa shape index (κ1) is 13.6. The summed E-state index contributed by atoms with van der Waals surface area (Å²) >= 11 is 0. The van der Waals surface area contributed by atoms with Crippen LogP contribution in [0.4, 0.5) is 4.39 Å². The highest BCUT2D eigenvalue weighted by atomic mass is 19.1. The second-order valence-corrected chi connectivity index (χ2v) is 5.30. The minimum absolute atomic E-state index is 0.0676. The fourth-order valence-corrected chi connectivity index (χ4v) is 2.64. The Morgan fingerprint density at radius 1 is 1.38 bits per heavy atom. The maximum atomic E-state index is 14.0. The summed E-state index contributed by atoms with van der Waals surface area (Å²) in [5.74, 6) is -1.85. The highest BCUT2D eigenvalue weighted by molar-refractivity contribution is 5.99. The number of alkyl halides is 1. The van der Waals surface area contributed by atoms with E-state index in [1.165, 1.54) is 4.90 Å². The quantitative estimate of drug-likeness (QED) is 0.922. The van der Waals surface area contributed by atoms with Gasteiger partial charge in [0.15, 0.2) is 5.76 Å². The smallest absolute Gasteiger partial charge is 0.343 e. The van der Waals surface area contributed by atoms with Crippen LogP contribution >= 0.6 is 0 Å². The number of nitrogens with zero attached hydrogens (tertiary/aromatic N) is 1. The molecule has 0 saturated carbocycles. The average Bonchev–Trinajstić information content (AvgIpc) is 3.01. The molecular formula is C15H14FNO4. The molecule has 0 spiro atoms. The number of aryl methyl sites for hydroxylation is 1. The second kappa shape index (κ2) is 4.58. The molecule has 1 aliphatic heterocycles. The molecule has 21 heavy (non-hydrogen) atoms. The van der Waals surface area contributed by atoms with Crippen LogP contribution in [0.15, 0.2) is 28.7 Å². The third kappa shape index (κ3) is 2.07. The molecule has 1 fully saturated rings. The van der Waals surface area contributed by atoms with Crippen LogP contribution in [0.25, 0.3) is 11.0 Å². The molecule has 1 amide bonds. The third-order valence-corrected chi connectivity index (χ3v) is 3.93. The lowest BCUT2D eigenvalue weighted by molar-refractivity contribution is -0.149. The first-order chi connectivity index (χ1) is 9.92. The molecule has 1 saturated heterocycles. The van der Waals surface area contributed by atoms with E-state index in [1.807, 2.05) is 12.1 Å². The number of benzene rings is 1. The van der Waals surface area contributed by atoms with Gasteiger partial charge in [0, 0.05) is 23.9 Å². The number of likely N-dealkylation sites (tertiary alicyclic amines) is 1. The van der Waals surface area contributed by atoms with Gasteiger partial charge in [0.2, 0.25) is 5.67 Å². The minimum Gasteiger partial charge on any atom is -0.479 e. The Bertz CT molecular complexity index is 738. The summed E-state index contributed by atoms with van der Waals surface area (Å²) in [5, 5.41) is 9.70. The zero-order chi connectivity index (χ0) is 15.2. The lowest BCUT2D eigenvalue weighted by Gasteiger charge is -2.16. The van der Waals surface area contributed by atoms with Crippen LogP contribution in [0.3, 0.4) is 0 Å². The zero-order valence-electron chi connectivity index (χ0n) is 11.4. The molecule has 1 atom stereocenters. The summed E-state index contributed by atoms with van der Waals surface area (Å²) in [6.07, 6.45) is -0.201. The molecule has 1 unspecified atom stereocenters. The van der Waals surface area contributed by atoms with Gasteiger partial charge in [-0.25, -0.2) is 9.18 Å². The largest absolute Gasteiger partial charge is 0.479 e. The Balaban J connectivity index is 1.92. The fourth-order valence-electron chi connectivity index (χ4n) is 2.64. The van der Waals surface area contributed by atoms with Crippen LogP contribution < -0.4 is 0 Å². The van der Waals surface area contributed by atoms with Crippen LogP contribution in [-0.2, 0) is 4.79 Å². The molecule has 1 aliphatic rings. The first-order valence-corrected chi connectivity index (χ1v) is 6.62. The Kier molecular flexibility index (Phi) is 2.97. The van der Waals surface area contributed by atoms with Gasteiger partial charge >= 0.3 is 5.97 Å². The molecule has 1 N–H and O–H groups in total. The molecule has 2 aromatic rings. The highest BCUT2D eigenvalue weighted by Crippen LogP contribution is 2.30. The van der Waals surface area contributed by atoms with Gasteiger partial charge in [-0.1, -0.05) is 18.2 Å². The van der Waals surface area contributed by atoms with E-state index in [1.54, 1.807) is 19.1 Å². The van der Waals surface area contributed by atoms with Crippen molar-refractivity contribution >= 4 is 22.8 Å². The van der Waals surface area contributed by atoms with Crippen molar-refractivity contribution in [2.75, 3.05) is 13.1 Å². The molecule has 1 aromatic heterocycles. The molecule has 1 aromatic carbocycles. The lowest BCUT2D eigenvalue weighted by atomic mass is 10.1. The van der Waals surface area contributed by atoms with Crippen LogP contribution in [0.2, 0.25) is 0 Å². The van der Waals surface area contributed by atoms with Crippen molar-refractivity contribution in [1.29, 1.82) is 0 Å². The van der Waals surface area contributed by atoms with Crippen molar-refractivity contribution < 1.29 is 23.5 Å². The van der Waals surface area contributed by atoms with Crippen LogP contribution in [0, 0.1) is 6.92 Å². The van der Waals surface area contributed by atoms with E-state index in [-0.39, 0.29) is 18.7 Å². The molecule has 0 radical (unpaired) electrons. The van der Waals surface area contributed by atoms with Gasteiger partial charge in [0.05, 0.1) is 6.54 Å². The second-order valence-electron chi connectivity index (χ2n) is 5.30. The number of hydrogen-bond donors (Lipinski definition) is 1. The third-order valence-electron chi connectivity index (χ3n) is 3.93. The Hall–Kier alpha value is -2.37. The molecule has 2 heterocycles. The van der Waals surface area contributed by atoms with E-state index in [4.69, 9.17) is 9.52 Å². The number of carboxylic acids is 1. The topological polar surface area (TPSA) is 70.8 Å². The predicted molar refractivity (Wildman–Crippen MR) is 72.9 cm³/mol. The van der Waals surface area contributed by atoms with Crippen LogP contribution in [0.5, 0.6) is 0 Å².